The van der Waals surface area contributed by atoms with Crippen molar-refractivity contribution in [2.75, 3.05) is 5.32 Å². The molecule has 0 heterocycles. The normalized spacial score (nSPS) is 13.2. The Labute approximate surface area is 120 Å². The van der Waals surface area contributed by atoms with E-state index in [4.69, 9.17) is 0 Å². The topological polar surface area (TPSA) is 29.1 Å². The highest BCUT2D eigenvalue weighted by atomic mass is 79.9. The molecule has 0 spiro atoms. The van der Waals surface area contributed by atoms with Gasteiger partial charge in [0, 0.05) is 10.2 Å². The van der Waals surface area contributed by atoms with Gasteiger partial charge in [0.05, 0.1) is 5.56 Å². The third kappa shape index (κ3) is 3.83. The van der Waals surface area contributed by atoms with Crippen molar-refractivity contribution < 1.29 is 39.9 Å². The number of nitrogens with one attached hydrogen (secondary N) is 1. The highest BCUT2D eigenvalue weighted by Crippen LogP contribution is 2.38. The van der Waals surface area contributed by atoms with Gasteiger partial charge in [-0.25, -0.2) is 0 Å². The lowest BCUT2D eigenvalue weighted by Gasteiger charge is -2.19. The second-order valence-electron chi connectivity index (χ2n) is 3.72. The zero-order valence-corrected chi connectivity index (χ0v) is 11.1. The molecule has 0 saturated carbocycles. The number of anilines is 1. The van der Waals surface area contributed by atoms with Crippen LogP contribution in [0.5, 0.6) is 0 Å². The quantitative estimate of drug-likeness (QED) is 0.740. The third-order valence-corrected chi connectivity index (χ3v) is 2.86. The van der Waals surface area contributed by atoms with Crippen LogP contribution in [0.3, 0.4) is 0 Å². The fraction of sp³-hybridized carbons (Fsp3) is 0.300. The Morgan fingerprint density at radius 2 is 1.52 bits per heavy atom. The summed E-state index contributed by atoms with van der Waals surface area (Å²) in [6, 6.07) is 1.72. The molecule has 1 aromatic carbocycles. The Hall–Kier alpha value is -1.39. The van der Waals surface area contributed by atoms with Gasteiger partial charge in [0.1, 0.15) is 0 Å². The summed E-state index contributed by atoms with van der Waals surface area (Å²) in [5.41, 5.74) is -2.19. The van der Waals surface area contributed by atoms with E-state index in [-0.39, 0.29) is 6.07 Å². The van der Waals surface area contributed by atoms with Crippen LogP contribution in [0.25, 0.3) is 0 Å². The van der Waals surface area contributed by atoms with Crippen molar-refractivity contribution in [3.05, 3.63) is 28.2 Å². The van der Waals surface area contributed by atoms with Crippen molar-refractivity contribution in [1.82, 2.24) is 0 Å². The molecule has 0 aromatic heterocycles. The minimum atomic E-state index is -6.15. The van der Waals surface area contributed by atoms with Gasteiger partial charge in [0.15, 0.2) is 0 Å². The predicted molar refractivity (Wildman–Crippen MR) is 58.8 cm³/mol. The maximum atomic E-state index is 12.7. The monoisotopic (exact) mass is 385 g/mol. The Morgan fingerprint density at radius 3 is 1.95 bits per heavy atom. The summed E-state index contributed by atoms with van der Waals surface area (Å²) < 4.78 is 98.2. The zero-order valence-electron chi connectivity index (χ0n) is 9.54. The van der Waals surface area contributed by atoms with E-state index in [9.17, 15) is 39.9 Å². The molecule has 0 unspecified atom stereocenters. The lowest BCUT2D eigenvalue weighted by atomic mass is 10.2. The molecule has 1 amide bonds. The first-order valence-electron chi connectivity index (χ1n) is 4.89. The molecule has 2 nitrogen and oxygen atoms in total. The summed E-state index contributed by atoms with van der Waals surface area (Å²) in [5, 5.41) is 1.10. The van der Waals surface area contributed by atoms with Crippen LogP contribution in [-0.4, -0.2) is 18.0 Å². The van der Waals surface area contributed by atoms with E-state index in [0.717, 1.165) is 17.4 Å². The number of carbonyl (C=O) groups is 1. The average molecular weight is 386 g/mol. The highest BCUT2D eigenvalue weighted by Gasteiger charge is 2.63. The van der Waals surface area contributed by atoms with E-state index < -0.39 is 39.9 Å². The molecule has 0 bridgehead atoms. The SMILES string of the molecule is O=C(Nc1ccc(Br)c(C(F)(F)F)c1)C(F)(F)C(F)(F)F. The molecule has 21 heavy (non-hydrogen) atoms. The van der Waals surface area contributed by atoms with Crippen LogP contribution in [0.2, 0.25) is 0 Å². The van der Waals surface area contributed by atoms with Gasteiger partial charge in [-0.1, -0.05) is 15.9 Å². The first-order chi connectivity index (χ1) is 9.26. The fourth-order valence-electron chi connectivity index (χ4n) is 1.16. The summed E-state index contributed by atoms with van der Waals surface area (Å²) >= 11 is 2.54. The molecule has 1 N–H and O–H groups in total. The van der Waals surface area contributed by atoms with Crippen LogP contribution in [0.1, 0.15) is 5.56 Å². The van der Waals surface area contributed by atoms with Gasteiger partial charge in [-0.05, 0) is 18.2 Å². The summed E-state index contributed by atoms with van der Waals surface area (Å²) in [6.45, 7) is 0. The van der Waals surface area contributed by atoms with Gasteiger partial charge < -0.3 is 5.32 Å². The minimum Gasteiger partial charge on any atom is -0.321 e. The standard InChI is InChI=1S/C10H4BrF8NO/c11-6-2-1-4(3-5(6)9(14,15)16)20-7(21)8(12,13)10(17,18)19/h1-3H,(H,20,21). The second kappa shape index (κ2) is 5.43. The van der Waals surface area contributed by atoms with E-state index in [1.54, 1.807) is 0 Å². The van der Waals surface area contributed by atoms with Gasteiger partial charge in [0.25, 0.3) is 0 Å². The van der Waals surface area contributed by atoms with Gasteiger partial charge in [-0.3, -0.25) is 4.79 Å². The number of alkyl halides is 8. The molecule has 0 atom stereocenters. The Morgan fingerprint density at radius 1 is 1.00 bits per heavy atom. The number of hydrogen-bond acceptors (Lipinski definition) is 1. The largest absolute Gasteiger partial charge is 0.463 e. The molecule has 11 heteroatoms. The molecule has 0 saturated heterocycles. The van der Waals surface area contributed by atoms with Crippen molar-refractivity contribution in [3.63, 3.8) is 0 Å². The van der Waals surface area contributed by atoms with E-state index >= 15 is 0 Å². The Bertz CT molecular complexity index is 551. The van der Waals surface area contributed by atoms with E-state index in [1.165, 1.54) is 0 Å². The molecule has 1 aromatic rings. The predicted octanol–water partition coefficient (Wildman–Crippen LogP) is 4.60. The zero-order chi connectivity index (χ0) is 16.6. The Kier molecular flexibility index (Phi) is 4.56. The number of carbonyl (C=O) groups excluding carboxylic acids is 1. The molecule has 0 radical (unpaired) electrons. The van der Waals surface area contributed by atoms with Crippen molar-refractivity contribution >= 4 is 27.5 Å². The number of benzene rings is 1. The number of rotatable bonds is 2. The van der Waals surface area contributed by atoms with Crippen LogP contribution in [0.15, 0.2) is 22.7 Å². The van der Waals surface area contributed by atoms with Crippen molar-refractivity contribution in [2.24, 2.45) is 0 Å². The molecule has 118 valence electrons. The highest BCUT2D eigenvalue weighted by molar-refractivity contribution is 9.10. The van der Waals surface area contributed by atoms with Gasteiger partial charge in [-0.15, -0.1) is 0 Å². The average Bonchev–Trinajstić information content (AvgIpc) is 2.28. The van der Waals surface area contributed by atoms with E-state index in [0.29, 0.717) is 0 Å². The lowest BCUT2D eigenvalue weighted by Crippen LogP contribution is -2.47. The number of hydrogen-bond donors (Lipinski definition) is 1. The van der Waals surface area contributed by atoms with E-state index in [2.05, 4.69) is 15.9 Å². The van der Waals surface area contributed by atoms with Gasteiger partial charge in [-0.2, -0.15) is 35.1 Å². The summed E-state index contributed by atoms with van der Waals surface area (Å²) in [7, 11) is 0. The fourth-order valence-corrected chi connectivity index (χ4v) is 1.63. The molecular weight excluding hydrogens is 382 g/mol. The van der Waals surface area contributed by atoms with Crippen molar-refractivity contribution in [1.29, 1.82) is 0 Å². The van der Waals surface area contributed by atoms with Gasteiger partial charge >= 0.3 is 24.2 Å². The molecular formula is C10H4BrF8NO. The van der Waals surface area contributed by atoms with Crippen molar-refractivity contribution in [3.8, 4) is 0 Å². The smallest absolute Gasteiger partial charge is 0.321 e. The Balaban J connectivity index is 3.08. The molecule has 0 aliphatic rings. The van der Waals surface area contributed by atoms with Crippen molar-refractivity contribution in [2.45, 2.75) is 18.3 Å². The summed E-state index contributed by atoms with van der Waals surface area (Å²) in [5.74, 6) is -8.50. The first-order valence-corrected chi connectivity index (χ1v) is 5.69. The molecule has 0 fully saturated rings. The lowest BCUT2D eigenvalue weighted by molar-refractivity contribution is -0.267. The molecule has 1 rings (SSSR count). The van der Waals surface area contributed by atoms with Gasteiger partial charge in [0.2, 0.25) is 0 Å². The third-order valence-electron chi connectivity index (χ3n) is 2.17. The summed E-state index contributed by atoms with van der Waals surface area (Å²) in [6.07, 6.45) is -11.0. The number of halogens is 9. The maximum Gasteiger partial charge on any atom is 0.463 e. The maximum absolute atomic E-state index is 12.7. The van der Waals surface area contributed by atoms with Crippen LogP contribution >= 0.6 is 15.9 Å². The minimum absolute atomic E-state index is 0.231. The van der Waals surface area contributed by atoms with E-state index in [1.807, 2.05) is 0 Å². The first kappa shape index (κ1) is 17.7. The number of amides is 1. The van der Waals surface area contributed by atoms with Crippen LogP contribution in [-0.2, 0) is 11.0 Å². The molecule has 0 aliphatic carbocycles. The second-order valence-corrected chi connectivity index (χ2v) is 4.57. The van der Waals surface area contributed by atoms with Crippen LogP contribution in [0.4, 0.5) is 40.8 Å². The summed E-state index contributed by atoms with van der Waals surface area (Å²) in [4.78, 5) is 10.9. The van der Waals surface area contributed by atoms with Crippen LogP contribution < -0.4 is 5.32 Å². The molecule has 0 aliphatic heterocycles. The van der Waals surface area contributed by atoms with Crippen LogP contribution in [0, 0.1) is 0 Å².